The Bertz CT molecular complexity index is 440. The molecule has 1 atom stereocenters. The van der Waals surface area contributed by atoms with Crippen LogP contribution in [-0.2, 0) is 10.2 Å². The van der Waals surface area contributed by atoms with Gasteiger partial charge in [-0.1, -0.05) is 24.3 Å². The largest absolute Gasteiger partial charge is 0.351 e. The van der Waals surface area contributed by atoms with Gasteiger partial charge in [-0.3, -0.25) is 4.79 Å². The Kier molecular flexibility index (Phi) is 5.39. The number of benzene rings is 1. The van der Waals surface area contributed by atoms with Crippen LogP contribution >= 0.6 is 12.4 Å². The van der Waals surface area contributed by atoms with E-state index >= 15 is 0 Å². The molecule has 1 aromatic carbocycles. The highest BCUT2D eigenvalue weighted by Gasteiger charge is 2.32. The lowest BCUT2D eigenvalue weighted by molar-refractivity contribution is -0.126. The average Bonchev–Trinajstić information content (AvgIpc) is 2.82. The molecule has 0 aliphatic carbocycles. The maximum absolute atomic E-state index is 12.4. The minimum absolute atomic E-state index is 0. The summed E-state index contributed by atoms with van der Waals surface area (Å²) in [6.45, 7) is 7.92. The molecule has 3 nitrogen and oxygen atoms in total. The van der Waals surface area contributed by atoms with E-state index in [0.717, 1.165) is 25.1 Å². The molecule has 1 fully saturated rings. The summed E-state index contributed by atoms with van der Waals surface area (Å²) >= 11 is 0. The second kappa shape index (κ2) is 6.40. The Labute approximate surface area is 121 Å². The summed E-state index contributed by atoms with van der Waals surface area (Å²) in [6, 6.07) is 8.38. The van der Waals surface area contributed by atoms with E-state index in [2.05, 4.69) is 23.6 Å². The third kappa shape index (κ3) is 3.48. The molecule has 1 aliphatic heterocycles. The lowest BCUT2D eigenvalue weighted by atomic mass is 9.81. The molecule has 0 saturated carbocycles. The van der Waals surface area contributed by atoms with Gasteiger partial charge in [-0.15, -0.1) is 12.4 Å². The van der Waals surface area contributed by atoms with E-state index in [1.807, 2.05) is 32.0 Å². The van der Waals surface area contributed by atoms with Crippen LogP contribution in [0.5, 0.6) is 0 Å². The highest BCUT2D eigenvalue weighted by atomic mass is 35.5. The fraction of sp³-hybridized carbons (Fsp3) is 0.533. The molecule has 19 heavy (non-hydrogen) atoms. The van der Waals surface area contributed by atoms with Crippen LogP contribution in [-0.4, -0.2) is 25.0 Å². The molecule has 0 bridgehead atoms. The van der Waals surface area contributed by atoms with Gasteiger partial charge in [0.05, 0.1) is 5.41 Å². The Morgan fingerprint density at radius 3 is 2.63 bits per heavy atom. The first-order valence-electron chi connectivity index (χ1n) is 6.59. The van der Waals surface area contributed by atoms with Gasteiger partial charge in [0.15, 0.2) is 0 Å². The van der Waals surface area contributed by atoms with Crippen LogP contribution in [0.15, 0.2) is 24.3 Å². The molecule has 1 heterocycles. The van der Waals surface area contributed by atoms with Gasteiger partial charge in [-0.25, -0.2) is 0 Å². The minimum Gasteiger partial charge on any atom is -0.351 e. The summed E-state index contributed by atoms with van der Waals surface area (Å²) in [4.78, 5) is 12.4. The van der Waals surface area contributed by atoms with Crippen molar-refractivity contribution < 1.29 is 4.79 Å². The zero-order valence-electron chi connectivity index (χ0n) is 11.8. The van der Waals surface area contributed by atoms with Crippen molar-refractivity contribution in [2.45, 2.75) is 38.6 Å². The summed E-state index contributed by atoms with van der Waals surface area (Å²) in [7, 11) is 0. The number of carbonyl (C=O) groups excluding carboxylic acids is 1. The zero-order chi connectivity index (χ0) is 13.2. The quantitative estimate of drug-likeness (QED) is 0.892. The van der Waals surface area contributed by atoms with Crippen molar-refractivity contribution in [1.82, 2.24) is 10.6 Å². The number of hydrogen-bond acceptors (Lipinski definition) is 2. The van der Waals surface area contributed by atoms with Gasteiger partial charge in [0.2, 0.25) is 5.91 Å². The number of hydrogen-bond donors (Lipinski definition) is 2. The van der Waals surface area contributed by atoms with Gasteiger partial charge in [0.1, 0.15) is 0 Å². The van der Waals surface area contributed by atoms with E-state index in [9.17, 15) is 4.79 Å². The summed E-state index contributed by atoms with van der Waals surface area (Å²) in [5.41, 5.74) is 1.80. The molecule has 0 aromatic heterocycles. The fourth-order valence-corrected chi connectivity index (χ4v) is 2.54. The van der Waals surface area contributed by atoms with Crippen molar-refractivity contribution in [3.05, 3.63) is 35.4 Å². The molecule has 1 saturated heterocycles. The molecule has 0 spiro atoms. The summed E-state index contributed by atoms with van der Waals surface area (Å²) in [6.07, 6.45) is 1.02. The van der Waals surface area contributed by atoms with Crippen LogP contribution < -0.4 is 10.6 Å². The number of amides is 1. The van der Waals surface area contributed by atoms with Crippen molar-refractivity contribution in [3.63, 3.8) is 0 Å². The number of carbonyl (C=O) groups is 1. The van der Waals surface area contributed by atoms with Crippen LogP contribution in [0.25, 0.3) is 0 Å². The number of halogens is 1. The normalized spacial score (nSPS) is 18.8. The summed E-state index contributed by atoms with van der Waals surface area (Å²) in [5.74, 6) is 0.116. The summed E-state index contributed by atoms with van der Waals surface area (Å²) < 4.78 is 0. The first-order valence-corrected chi connectivity index (χ1v) is 6.59. The average molecular weight is 283 g/mol. The zero-order valence-corrected chi connectivity index (χ0v) is 12.6. The molecule has 2 N–H and O–H groups in total. The standard InChI is InChI=1S/C15H22N2O.ClH/c1-11-6-4-5-7-13(11)15(2,3)14(18)17-12-8-9-16-10-12;/h4-7,12,16H,8-10H2,1-3H3,(H,17,18);1H. The number of nitrogens with one attached hydrogen (secondary N) is 2. The van der Waals surface area contributed by atoms with Crippen LogP contribution in [0.1, 0.15) is 31.4 Å². The van der Waals surface area contributed by atoms with Crippen LogP contribution in [0.3, 0.4) is 0 Å². The smallest absolute Gasteiger partial charge is 0.230 e. The maximum Gasteiger partial charge on any atom is 0.230 e. The van der Waals surface area contributed by atoms with Crippen molar-refractivity contribution in [2.75, 3.05) is 13.1 Å². The topological polar surface area (TPSA) is 41.1 Å². The van der Waals surface area contributed by atoms with Gasteiger partial charge < -0.3 is 10.6 Å². The lowest BCUT2D eigenvalue weighted by Gasteiger charge is -2.27. The fourth-order valence-electron chi connectivity index (χ4n) is 2.54. The minimum atomic E-state index is -0.478. The molecule has 4 heteroatoms. The Balaban J connectivity index is 0.00000180. The molecular formula is C15H23ClN2O. The number of aryl methyl sites for hydroxylation is 1. The van der Waals surface area contributed by atoms with Gasteiger partial charge in [0, 0.05) is 12.6 Å². The summed E-state index contributed by atoms with van der Waals surface area (Å²) in [5, 5.41) is 6.41. The SMILES string of the molecule is Cc1ccccc1C(C)(C)C(=O)NC1CCNC1.Cl. The molecule has 1 aliphatic rings. The predicted octanol–water partition coefficient (Wildman–Crippen LogP) is 2.17. The van der Waals surface area contributed by atoms with Crippen molar-refractivity contribution in [1.29, 1.82) is 0 Å². The molecule has 1 aromatic rings. The van der Waals surface area contributed by atoms with E-state index in [1.165, 1.54) is 5.56 Å². The van der Waals surface area contributed by atoms with Crippen LogP contribution in [0.2, 0.25) is 0 Å². The molecule has 0 radical (unpaired) electrons. The van der Waals surface area contributed by atoms with E-state index in [-0.39, 0.29) is 24.4 Å². The highest BCUT2D eigenvalue weighted by molar-refractivity contribution is 5.88. The first kappa shape index (κ1) is 16.0. The van der Waals surface area contributed by atoms with Crippen LogP contribution in [0.4, 0.5) is 0 Å². The van der Waals surface area contributed by atoms with E-state index < -0.39 is 5.41 Å². The third-order valence-corrected chi connectivity index (χ3v) is 3.78. The van der Waals surface area contributed by atoms with E-state index in [1.54, 1.807) is 0 Å². The third-order valence-electron chi connectivity index (χ3n) is 3.78. The lowest BCUT2D eigenvalue weighted by Crippen LogP contribution is -2.46. The Morgan fingerprint density at radius 1 is 1.37 bits per heavy atom. The monoisotopic (exact) mass is 282 g/mol. The van der Waals surface area contributed by atoms with Crippen molar-refractivity contribution >= 4 is 18.3 Å². The van der Waals surface area contributed by atoms with Gasteiger partial charge >= 0.3 is 0 Å². The maximum atomic E-state index is 12.4. The van der Waals surface area contributed by atoms with E-state index in [4.69, 9.17) is 0 Å². The molecule has 1 unspecified atom stereocenters. The predicted molar refractivity (Wildman–Crippen MR) is 80.9 cm³/mol. The second-order valence-corrected chi connectivity index (χ2v) is 5.60. The van der Waals surface area contributed by atoms with Gasteiger partial charge in [-0.05, 0) is 44.9 Å². The molecule has 2 rings (SSSR count). The second-order valence-electron chi connectivity index (χ2n) is 5.60. The Hall–Kier alpha value is -1.06. The van der Waals surface area contributed by atoms with Crippen LogP contribution in [0, 0.1) is 6.92 Å². The highest BCUT2D eigenvalue weighted by Crippen LogP contribution is 2.26. The number of rotatable bonds is 3. The van der Waals surface area contributed by atoms with E-state index in [0.29, 0.717) is 0 Å². The van der Waals surface area contributed by atoms with Gasteiger partial charge in [0.25, 0.3) is 0 Å². The molecular weight excluding hydrogens is 260 g/mol. The molecule has 106 valence electrons. The van der Waals surface area contributed by atoms with Crippen molar-refractivity contribution in [2.24, 2.45) is 0 Å². The Morgan fingerprint density at radius 2 is 2.05 bits per heavy atom. The first-order chi connectivity index (χ1) is 8.51. The molecule has 1 amide bonds. The van der Waals surface area contributed by atoms with Gasteiger partial charge in [-0.2, -0.15) is 0 Å². The van der Waals surface area contributed by atoms with Crippen molar-refractivity contribution in [3.8, 4) is 0 Å².